The minimum atomic E-state index is -2.02. The summed E-state index contributed by atoms with van der Waals surface area (Å²) in [6, 6.07) is 85.3. The molecule has 4 heteroatoms. The first-order valence-electron chi connectivity index (χ1n) is 23.7. The van der Waals surface area contributed by atoms with E-state index >= 15 is 0 Å². The fourth-order valence-electron chi connectivity index (χ4n) is 11.8. The Labute approximate surface area is 398 Å². The van der Waals surface area contributed by atoms with Gasteiger partial charge in [0.2, 0.25) is 0 Å². The Bertz CT molecular complexity index is 3380. The quantitative estimate of drug-likeness (QED) is 0.126. The maximum absolute atomic E-state index is 2.63. The molecule has 11 rings (SSSR count). The molecule has 1 aliphatic carbocycles. The SMILES string of the molecule is C[Si](C)(C)C1([Si](C)(C)C)c2cc3cc(N(c4ccccc4)c4ccc(-c5ccccc5)cc4)ccc3cc2-c2ccc3cc(N(c4ccccc4)c4ccc(-c5ccccc5)cc4)ccc3c21. The average molecular weight is 897 g/mol. The average Bonchev–Trinajstić information content (AvgIpc) is 3.66. The monoisotopic (exact) mass is 896 g/mol. The highest BCUT2D eigenvalue weighted by Crippen LogP contribution is 2.60. The lowest BCUT2D eigenvalue weighted by Crippen LogP contribution is -2.63. The number of fused-ring (bicyclic) bond motifs is 6. The van der Waals surface area contributed by atoms with Crippen LogP contribution in [-0.2, 0) is 4.66 Å². The Morgan fingerprint density at radius 2 is 0.687 bits per heavy atom. The Kier molecular flexibility index (Phi) is 10.5. The first kappa shape index (κ1) is 42.4. The molecule has 0 fully saturated rings. The van der Waals surface area contributed by atoms with Crippen molar-refractivity contribution in [1.29, 1.82) is 0 Å². The van der Waals surface area contributed by atoms with Crippen molar-refractivity contribution in [1.82, 2.24) is 0 Å². The van der Waals surface area contributed by atoms with E-state index in [-0.39, 0.29) is 4.66 Å². The summed E-state index contributed by atoms with van der Waals surface area (Å²) in [4.78, 5) is 4.81. The molecule has 67 heavy (non-hydrogen) atoms. The Hall–Kier alpha value is -7.25. The van der Waals surface area contributed by atoms with Crippen molar-refractivity contribution in [3.05, 3.63) is 242 Å². The lowest BCUT2D eigenvalue weighted by Gasteiger charge is -2.51. The number of rotatable bonds is 10. The zero-order valence-corrected chi connectivity index (χ0v) is 41.3. The molecule has 0 aromatic heterocycles. The van der Waals surface area contributed by atoms with E-state index < -0.39 is 16.1 Å². The molecular formula is C63H56N2Si2. The largest absolute Gasteiger partial charge is 0.310 e. The second-order valence-corrected chi connectivity index (χ2v) is 31.2. The van der Waals surface area contributed by atoms with Crippen LogP contribution < -0.4 is 9.80 Å². The second-order valence-electron chi connectivity index (χ2n) is 20.2. The minimum Gasteiger partial charge on any atom is -0.310 e. The summed E-state index contributed by atoms with van der Waals surface area (Å²) in [7, 11) is -4.05. The van der Waals surface area contributed by atoms with Crippen molar-refractivity contribution in [3.63, 3.8) is 0 Å². The molecule has 0 amide bonds. The van der Waals surface area contributed by atoms with Crippen molar-refractivity contribution in [2.45, 2.75) is 43.9 Å². The standard InChI is InChI=1S/C63H56N2Si2/c1-66(2,3)63(67(4,5)6)61-44-51-42-56(64(52-23-15-9-16-24-52)54-33-27-47(28-34-54)45-19-11-7-12-20-45)37-31-49(51)43-60(61)59-39-32-50-41-57(38-40-58(50)62(59)63)65(53-25-17-10-18-26-53)55-35-29-48(30-36-55)46-21-13-8-14-22-46/h7-44H,1-6H3. The van der Waals surface area contributed by atoms with E-state index in [0.717, 1.165) is 34.1 Å². The lowest BCUT2D eigenvalue weighted by molar-refractivity contribution is 0.964. The summed E-state index contributed by atoms with van der Waals surface area (Å²) in [5.74, 6) is 0. The first-order valence-corrected chi connectivity index (χ1v) is 30.7. The van der Waals surface area contributed by atoms with Crippen LogP contribution in [0.2, 0.25) is 39.3 Å². The molecule has 0 atom stereocenters. The van der Waals surface area contributed by atoms with Crippen LogP contribution in [0, 0.1) is 0 Å². The number of hydrogen-bond donors (Lipinski definition) is 0. The van der Waals surface area contributed by atoms with Crippen molar-refractivity contribution < 1.29 is 0 Å². The molecule has 0 N–H and O–H groups in total. The number of anilines is 6. The van der Waals surface area contributed by atoms with E-state index in [1.54, 1.807) is 5.56 Å². The smallest absolute Gasteiger partial charge is 0.0579 e. The van der Waals surface area contributed by atoms with Gasteiger partial charge in [-0.05, 0) is 145 Å². The molecular weight excluding hydrogens is 841 g/mol. The summed E-state index contributed by atoms with van der Waals surface area (Å²) in [5.41, 5.74) is 17.7. The van der Waals surface area contributed by atoms with E-state index in [1.807, 2.05) is 0 Å². The topological polar surface area (TPSA) is 6.48 Å². The van der Waals surface area contributed by atoms with Crippen LogP contribution >= 0.6 is 0 Å². The summed E-state index contributed by atoms with van der Waals surface area (Å²) in [6.45, 7) is 15.8. The number of nitrogens with zero attached hydrogens (tertiary/aromatic N) is 2. The van der Waals surface area contributed by atoms with Crippen LogP contribution in [0.3, 0.4) is 0 Å². The van der Waals surface area contributed by atoms with Gasteiger partial charge in [-0.3, -0.25) is 0 Å². The fourth-order valence-corrected chi connectivity index (χ4v) is 24.8. The van der Waals surface area contributed by atoms with Crippen LogP contribution in [0.4, 0.5) is 34.1 Å². The zero-order valence-electron chi connectivity index (χ0n) is 39.3. The fraction of sp³-hybridized carbons (Fsp3) is 0.111. The van der Waals surface area contributed by atoms with Crippen LogP contribution in [0.25, 0.3) is 54.9 Å². The van der Waals surface area contributed by atoms with Gasteiger partial charge in [-0.1, -0.05) is 191 Å². The molecule has 0 unspecified atom stereocenters. The third-order valence-corrected chi connectivity index (χ3v) is 24.3. The first-order chi connectivity index (χ1) is 32.5. The molecule has 0 aliphatic heterocycles. The third kappa shape index (κ3) is 7.23. The second kappa shape index (κ2) is 16.6. The van der Waals surface area contributed by atoms with Gasteiger partial charge in [0.1, 0.15) is 0 Å². The zero-order chi connectivity index (χ0) is 45.9. The van der Waals surface area contributed by atoms with Crippen LogP contribution in [0.15, 0.2) is 231 Å². The van der Waals surface area contributed by atoms with E-state index in [9.17, 15) is 0 Å². The Balaban J connectivity index is 1.05. The van der Waals surface area contributed by atoms with Crippen molar-refractivity contribution in [2.24, 2.45) is 0 Å². The number of benzene rings is 10. The maximum atomic E-state index is 2.63. The van der Waals surface area contributed by atoms with E-state index in [1.165, 1.54) is 60.5 Å². The Morgan fingerprint density at radius 1 is 0.299 bits per heavy atom. The van der Waals surface area contributed by atoms with E-state index in [0.29, 0.717) is 0 Å². The van der Waals surface area contributed by atoms with Gasteiger partial charge in [0.15, 0.2) is 0 Å². The number of hydrogen-bond acceptors (Lipinski definition) is 2. The predicted octanol–water partition coefficient (Wildman–Crippen LogP) is 18.3. The van der Waals surface area contributed by atoms with E-state index in [4.69, 9.17) is 0 Å². The van der Waals surface area contributed by atoms with Crippen molar-refractivity contribution >= 4 is 71.8 Å². The van der Waals surface area contributed by atoms with Crippen LogP contribution in [0.5, 0.6) is 0 Å². The molecule has 10 aromatic carbocycles. The van der Waals surface area contributed by atoms with Gasteiger partial charge in [0.25, 0.3) is 0 Å². The molecule has 2 nitrogen and oxygen atoms in total. The molecule has 1 aliphatic rings. The van der Waals surface area contributed by atoms with Crippen molar-refractivity contribution in [2.75, 3.05) is 9.80 Å². The van der Waals surface area contributed by atoms with Gasteiger partial charge in [-0.25, -0.2) is 0 Å². The van der Waals surface area contributed by atoms with Crippen molar-refractivity contribution in [3.8, 4) is 33.4 Å². The lowest BCUT2D eigenvalue weighted by atomic mass is 9.97. The van der Waals surface area contributed by atoms with Gasteiger partial charge in [-0.15, -0.1) is 0 Å². The van der Waals surface area contributed by atoms with E-state index in [2.05, 4.69) is 280 Å². The predicted molar refractivity (Wildman–Crippen MR) is 295 cm³/mol. The molecule has 0 bridgehead atoms. The van der Waals surface area contributed by atoms with Gasteiger partial charge in [0.05, 0.1) is 16.1 Å². The maximum Gasteiger partial charge on any atom is 0.0579 e. The molecule has 0 heterocycles. The summed E-state index contributed by atoms with van der Waals surface area (Å²) < 4.78 is -0.0470. The molecule has 0 saturated carbocycles. The minimum absolute atomic E-state index is 0.0470. The molecule has 0 radical (unpaired) electrons. The normalized spacial score (nSPS) is 13.0. The molecule has 326 valence electrons. The number of para-hydroxylation sites is 2. The van der Waals surface area contributed by atoms with Gasteiger partial charge < -0.3 is 9.80 Å². The highest BCUT2D eigenvalue weighted by atomic mass is 28.4. The Morgan fingerprint density at radius 3 is 1.16 bits per heavy atom. The van der Waals surface area contributed by atoms with Crippen LogP contribution in [-0.4, -0.2) is 16.1 Å². The van der Waals surface area contributed by atoms with Crippen LogP contribution in [0.1, 0.15) is 11.1 Å². The van der Waals surface area contributed by atoms with Gasteiger partial charge >= 0.3 is 0 Å². The molecule has 10 aromatic rings. The summed E-state index contributed by atoms with van der Waals surface area (Å²) in [5, 5.41) is 5.23. The third-order valence-electron chi connectivity index (χ3n) is 14.3. The highest BCUT2D eigenvalue weighted by Gasteiger charge is 2.59. The summed E-state index contributed by atoms with van der Waals surface area (Å²) >= 11 is 0. The summed E-state index contributed by atoms with van der Waals surface area (Å²) in [6.07, 6.45) is 0. The molecule has 0 saturated heterocycles. The highest BCUT2D eigenvalue weighted by molar-refractivity contribution is 7.00. The van der Waals surface area contributed by atoms with Gasteiger partial charge in [-0.2, -0.15) is 0 Å². The molecule has 0 spiro atoms. The van der Waals surface area contributed by atoms with Gasteiger partial charge in [0, 0.05) is 38.8 Å².